The molecule has 0 aromatic carbocycles. The molecule has 1 aliphatic heterocycles. The van der Waals surface area contributed by atoms with Crippen molar-refractivity contribution in [1.82, 2.24) is 4.90 Å². The average molecular weight is 372 g/mol. The molecule has 0 aliphatic carbocycles. The Morgan fingerprint density at radius 2 is 1.68 bits per heavy atom. The molecule has 1 aliphatic rings. The lowest BCUT2D eigenvalue weighted by Crippen LogP contribution is -2.40. The maximum atomic E-state index is 11.9. The monoisotopic (exact) mass is 371 g/mol. The summed E-state index contributed by atoms with van der Waals surface area (Å²) in [5, 5.41) is 0. The average Bonchev–Trinajstić information content (AvgIpc) is 2.97. The number of hydrogen-bond donors (Lipinski definition) is 0. The van der Waals surface area contributed by atoms with Crippen molar-refractivity contribution in [2.24, 2.45) is 0 Å². The quantitative estimate of drug-likeness (QED) is 0.306. The van der Waals surface area contributed by atoms with Gasteiger partial charge in [0.2, 0.25) is 5.91 Å². The molecule has 0 aromatic rings. The van der Waals surface area contributed by atoms with Gasteiger partial charge < -0.3 is 9.64 Å². The molecule has 0 saturated carbocycles. The van der Waals surface area contributed by atoms with Crippen LogP contribution >= 0.6 is 11.8 Å². The van der Waals surface area contributed by atoms with Gasteiger partial charge in [-0.05, 0) is 37.7 Å². The molecule has 1 amide bonds. The number of esters is 1. The first-order valence-corrected chi connectivity index (χ1v) is 11.4. The van der Waals surface area contributed by atoms with Gasteiger partial charge in [0.25, 0.3) is 0 Å². The van der Waals surface area contributed by atoms with Gasteiger partial charge in [0.05, 0.1) is 6.61 Å². The maximum absolute atomic E-state index is 11.9. The fourth-order valence-corrected chi connectivity index (χ4v) is 4.22. The lowest BCUT2D eigenvalue weighted by Gasteiger charge is -2.23. The second kappa shape index (κ2) is 14.5. The highest BCUT2D eigenvalue weighted by molar-refractivity contribution is 7.99. The van der Waals surface area contributed by atoms with E-state index in [1.165, 1.54) is 57.1 Å². The van der Waals surface area contributed by atoms with Crippen LogP contribution in [0.4, 0.5) is 0 Å². The van der Waals surface area contributed by atoms with Gasteiger partial charge >= 0.3 is 5.97 Å². The molecule has 0 spiro atoms. The van der Waals surface area contributed by atoms with E-state index in [-0.39, 0.29) is 17.9 Å². The first kappa shape index (κ1) is 22.3. The first-order valence-electron chi connectivity index (χ1n) is 10.2. The summed E-state index contributed by atoms with van der Waals surface area (Å²) in [6, 6.07) is -0.342. The highest BCUT2D eigenvalue weighted by Gasteiger charge is 2.36. The van der Waals surface area contributed by atoms with E-state index in [0.29, 0.717) is 26.0 Å². The summed E-state index contributed by atoms with van der Waals surface area (Å²) in [6.07, 6.45) is 12.9. The Hall–Kier alpha value is -0.710. The number of amides is 1. The number of nitrogens with zero attached hydrogens (tertiary/aromatic N) is 1. The van der Waals surface area contributed by atoms with E-state index < -0.39 is 0 Å². The van der Waals surface area contributed by atoms with Crippen LogP contribution in [0.15, 0.2) is 0 Å². The van der Waals surface area contributed by atoms with Crippen LogP contribution in [0.1, 0.15) is 84.5 Å². The van der Waals surface area contributed by atoms with Gasteiger partial charge in [0.1, 0.15) is 6.04 Å². The normalized spacial score (nSPS) is 17.3. The fraction of sp³-hybridized carbons (Fsp3) is 0.900. The molecule has 0 radical (unpaired) electrons. The SMILES string of the molecule is CCCCCCCCCCSCCCN1C(=O)CCC1C(=O)OCC. The minimum Gasteiger partial charge on any atom is -0.464 e. The van der Waals surface area contributed by atoms with E-state index in [4.69, 9.17) is 4.74 Å². The minimum atomic E-state index is -0.342. The summed E-state index contributed by atoms with van der Waals surface area (Å²) in [4.78, 5) is 25.6. The Balaban J connectivity index is 1.99. The minimum absolute atomic E-state index is 0.103. The predicted molar refractivity (Wildman–Crippen MR) is 106 cm³/mol. The molecule has 4 nitrogen and oxygen atoms in total. The zero-order chi connectivity index (χ0) is 18.3. The fourth-order valence-electron chi connectivity index (χ4n) is 3.27. The lowest BCUT2D eigenvalue weighted by molar-refractivity contribution is -0.151. The van der Waals surface area contributed by atoms with E-state index in [2.05, 4.69) is 6.92 Å². The molecule has 146 valence electrons. The third-order valence-electron chi connectivity index (χ3n) is 4.72. The molecule has 25 heavy (non-hydrogen) atoms. The van der Waals surface area contributed by atoms with E-state index in [1.54, 1.807) is 11.8 Å². The van der Waals surface area contributed by atoms with E-state index in [1.807, 2.05) is 11.8 Å². The van der Waals surface area contributed by atoms with Crippen molar-refractivity contribution in [3.8, 4) is 0 Å². The summed E-state index contributed by atoms with van der Waals surface area (Å²) in [5.41, 5.74) is 0. The topological polar surface area (TPSA) is 46.6 Å². The zero-order valence-corrected chi connectivity index (χ0v) is 17.1. The lowest BCUT2D eigenvalue weighted by atomic mass is 10.1. The number of ether oxygens (including phenoxy) is 1. The smallest absolute Gasteiger partial charge is 0.328 e. The van der Waals surface area contributed by atoms with Gasteiger partial charge in [-0.15, -0.1) is 0 Å². The van der Waals surface area contributed by atoms with Crippen molar-refractivity contribution in [1.29, 1.82) is 0 Å². The van der Waals surface area contributed by atoms with Gasteiger partial charge in [-0.3, -0.25) is 4.79 Å². The number of likely N-dealkylation sites (tertiary alicyclic amines) is 1. The van der Waals surface area contributed by atoms with Gasteiger partial charge in [-0.1, -0.05) is 51.9 Å². The molecule has 1 fully saturated rings. The summed E-state index contributed by atoms with van der Waals surface area (Å²) >= 11 is 1.98. The summed E-state index contributed by atoms with van der Waals surface area (Å²) in [7, 11) is 0. The molecule has 0 N–H and O–H groups in total. The predicted octanol–water partition coefficient (Wildman–Crippen LogP) is 4.80. The van der Waals surface area contributed by atoms with E-state index in [0.717, 1.165) is 12.2 Å². The number of hydrogen-bond acceptors (Lipinski definition) is 4. The molecular formula is C20H37NO3S. The number of carbonyl (C=O) groups is 2. The third kappa shape index (κ3) is 9.53. The van der Waals surface area contributed by atoms with Crippen LogP contribution < -0.4 is 0 Å². The Morgan fingerprint density at radius 1 is 1.04 bits per heavy atom. The highest BCUT2D eigenvalue weighted by atomic mass is 32.2. The van der Waals surface area contributed by atoms with Gasteiger partial charge in [0, 0.05) is 13.0 Å². The Bertz CT molecular complexity index is 376. The second-order valence-corrected chi connectivity index (χ2v) is 8.06. The van der Waals surface area contributed by atoms with Crippen LogP contribution in [0.25, 0.3) is 0 Å². The van der Waals surface area contributed by atoms with Gasteiger partial charge in [-0.25, -0.2) is 4.79 Å². The van der Waals surface area contributed by atoms with Crippen molar-refractivity contribution in [3.05, 3.63) is 0 Å². The van der Waals surface area contributed by atoms with Gasteiger partial charge in [-0.2, -0.15) is 11.8 Å². The van der Waals surface area contributed by atoms with Crippen LogP contribution in [-0.2, 0) is 14.3 Å². The molecule has 0 aromatic heterocycles. The number of rotatable bonds is 15. The number of carbonyl (C=O) groups excluding carboxylic acids is 2. The van der Waals surface area contributed by atoms with Crippen molar-refractivity contribution in [2.45, 2.75) is 90.5 Å². The molecule has 1 unspecified atom stereocenters. The van der Waals surface area contributed by atoms with Gasteiger partial charge in [0.15, 0.2) is 0 Å². The largest absolute Gasteiger partial charge is 0.464 e. The summed E-state index contributed by atoms with van der Waals surface area (Å²) in [5.74, 6) is 2.14. The Kier molecular flexibility index (Phi) is 12.9. The number of thioether (sulfide) groups is 1. The number of unbranched alkanes of at least 4 members (excludes halogenated alkanes) is 7. The maximum Gasteiger partial charge on any atom is 0.328 e. The van der Waals surface area contributed by atoms with Crippen LogP contribution in [0, 0.1) is 0 Å². The van der Waals surface area contributed by atoms with Crippen molar-refractivity contribution in [2.75, 3.05) is 24.7 Å². The van der Waals surface area contributed by atoms with Crippen LogP contribution in [0.2, 0.25) is 0 Å². The Labute approximate surface area is 158 Å². The Morgan fingerprint density at radius 3 is 2.36 bits per heavy atom. The first-order chi connectivity index (χ1) is 12.2. The van der Waals surface area contributed by atoms with E-state index in [9.17, 15) is 9.59 Å². The standard InChI is InChI=1S/C20H37NO3S/c1-3-5-6-7-8-9-10-11-16-25-17-12-15-21-18(13-14-19(21)22)20(23)24-4-2/h18H,3-17H2,1-2H3. The second-order valence-electron chi connectivity index (χ2n) is 6.83. The summed E-state index contributed by atoms with van der Waals surface area (Å²) < 4.78 is 5.08. The van der Waals surface area contributed by atoms with Crippen LogP contribution in [0.5, 0.6) is 0 Å². The van der Waals surface area contributed by atoms with Crippen LogP contribution in [-0.4, -0.2) is 47.5 Å². The molecule has 0 bridgehead atoms. The highest BCUT2D eigenvalue weighted by Crippen LogP contribution is 2.21. The zero-order valence-electron chi connectivity index (χ0n) is 16.3. The van der Waals surface area contributed by atoms with Crippen molar-refractivity contribution < 1.29 is 14.3 Å². The third-order valence-corrected chi connectivity index (χ3v) is 5.87. The van der Waals surface area contributed by atoms with E-state index >= 15 is 0 Å². The van der Waals surface area contributed by atoms with Crippen molar-refractivity contribution >= 4 is 23.6 Å². The molecule has 1 atom stereocenters. The molecule has 5 heteroatoms. The molecule has 1 rings (SSSR count). The summed E-state index contributed by atoms with van der Waals surface area (Å²) in [6.45, 7) is 5.13. The molecule has 1 saturated heterocycles. The molecule has 1 heterocycles. The molecular weight excluding hydrogens is 334 g/mol. The van der Waals surface area contributed by atoms with Crippen molar-refractivity contribution in [3.63, 3.8) is 0 Å². The van der Waals surface area contributed by atoms with Crippen LogP contribution in [0.3, 0.4) is 0 Å².